The van der Waals surface area contributed by atoms with Crippen molar-refractivity contribution in [3.05, 3.63) is 53.8 Å². The van der Waals surface area contributed by atoms with E-state index >= 15 is 0 Å². The largest absolute Gasteiger partial charge is 0.493 e. The quantitative estimate of drug-likeness (QED) is 0.259. The SMILES string of the molecule is O=C(CN1CCN(CCCCCOc2ccc3c(-c4ccc(Cl)cc4)coc3c2)CC1)NO. The van der Waals surface area contributed by atoms with E-state index in [2.05, 4.69) is 9.80 Å². The minimum Gasteiger partial charge on any atom is -0.493 e. The molecule has 7 nitrogen and oxygen atoms in total. The lowest BCUT2D eigenvalue weighted by Gasteiger charge is -2.34. The van der Waals surface area contributed by atoms with E-state index in [0.29, 0.717) is 6.61 Å². The van der Waals surface area contributed by atoms with Gasteiger partial charge in [0.1, 0.15) is 11.3 Å². The topological polar surface area (TPSA) is 78.2 Å². The van der Waals surface area contributed by atoms with Gasteiger partial charge in [-0.05, 0) is 55.6 Å². The number of hydrogen-bond acceptors (Lipinski definition) is 6. The molecule has 1 aliphatic rings. The van der Waals surface area contributed by atoms with Crippen LogP contribution >= 0.6 is 11.6 Å². The van der Waals surface area contributed by atoms with Crippen molar-refractivity contribution < 1.29 is 19.2 Å². The minimum absolute atomic E-state index is 0.258. The van der Waals surface area contributed by atoms with Gasteiger partial charge in [0.2, 0.25) is 0 Å². The molecule has 33 heavy (non-hydrogen) atoms. The molecule has 1 saturated heterocycles. The minimum atomic E-state index is -0.350. The van der Waals surface area contributed by atoms with Gasteiger partial charge in [-0.25, -0.2) is 5.48 Å². The molecule has 8 heteroatoms. The standard InChI is InChI=1S/C25H30ClN3O4/c26-20-6-4-19(5-7-20)23-18-33-24-16-21(8-9-22(23)24)32-15-3-1-2-10-28-11-13-29(14-12-28)17-25(30)27-31/h4-9,16,18,31H,1-3,10-15,17H2,(H,27,30). The first-order valence-corrected chi connectivity index (χ1v) is 11.8. The molecule has 0 atom stereocenters. The van der Waals surface area contributed by atoms with Gasteiger partial charge in [0.25, 0.3) is 5.91 Å². The number of hydroxylamine groups is 1. The number of fused-ring (bicyclic) bond motifs is 1. The summed E-state index contributed by atoms with van der Waals surface area (Å²) in [6, 6.07) is 13.7. The van der Waals surface area contributed by atoms with E-state index in [1.807, 2.05) is 42.5 Å². The highest BCUT2D eigenvalue weighted by Crippen LogP contribution is 2.33. The summed E-state index contributed by atoms with van der Waals surface area (Å²) < 4.78 is 11.7. The Labute approximate surface area is 198 Å². The molecule has 1 aliphatic heterocycles. The number of furan rings is 1. The maximum atomic E-state index is 11.2. The molecule has 1 amide bonds. The molecule has 1 aromatic heterocycles. The molecule has 2 aromatic carbocycles. The summed E-state index contributed by atoms with van der Waals surface area (Å²) in [4.78, 5) is 15.7. The summed E-state index contributed by atoms with van der Waals surface area (Å²) in [5.41, 5.74) is 4.62. The Morgan fingerprint density at radius 3 is 2.55 bits per heavy atom. The molecule has 4 rings (SSSR count). The smallest absolute Gasteiger partial charge is 0.257 e. The van der Waals surface area contributed by atoms with Crippen molar-refractivity contribution in [2.45, 2.75) is 19.3 Å². The van der Waals surface area contributed by atoms with Gasteiger partial charge in [0.05, 0.1) is 19.4 Å². The van der Waals surface area contributed by atoms with Gasteiger partial charge in [-0.3, -0.25) is 14.9 Å². The molecular formula is C25H30ClN3O4. The number of nitrogens with one attached hydrogen (secondary N) is 1. The number of unbranched alkanes of at least 4 members (excludes halogenated alkanes) is 2. The van der Waals surface area contributed by atoms with Gasteiger partial charge in [0, 0.05) is 48.2 Å². The Hall–Kier alpha value is -2.58. The number of benzene rings is 2. The summed E-state index contributed by atoms with van der Waals surface area (Å²) in [5, 5.41) is 10.4. The number of ether oxygens (including phenoxy) is 1. The zero-order chi connectivity index (χ0) is 23.0. The summed E-state index contributed by atoms with van der Waals surface area (Å²) in [6.07, 6.45) is 5.01. The number of nitrogens with zero attached hydrogens (tertiary/aromatic N) is 2. The van der Waals surface area contributed by atoms with Gasteiger partial charge >= 0.3 is 0 Å². The summed E-state index contributed by atoms with van der Waals surface area (Å²) in [5.74, 6) is 0.471. The number of hydrogen-bond donors (Lipinski definition) is 2. The molecule has 0 spiro atoms. The molecule has 176 valence electrons. The average molecular weight is 472 g/mol. The number of rotatable bonds is 10. The molecule has 0 aliphatic carbocycles. The van der Waals surface area contributed by atoms with Crippen molar-refractivity contribution in [2.75, 3.05) is 45.9 Å². The van der Waals surface area contributed by atoms with Crippen LogP contribution in [0.15, 0.2) is 53.1 Å². The Bertz CT molecular complexity index is 1050. The fourth-order valence-corrected chi connectivity index (χ4v) is 4.29. The maximum absolute atomic E-state index is 11.2. The third-order valence-corrected chi connectivity index (χ3v) is 6.30. The van der Waals surface area contributed by atoms with Crippen LogP contribution in [0.25, 0.3) is 22.1 Å². The zero-order valence-electron chi connectivity index (χ0n) is 18.6. The Balaban J connectivity index is 1.15. The third-order valence-electron chi connectivity index (χ3n) is 6.05. The monoisotopic (exact) mass is 471 g/mol. The van der Waals surface area contributed by atoms with Crippen molar-refractivity contribution in [2.24, 2.45) is 0 Å². The van der Waals surface area contributed by atoms with Crippen LogP contribution in [0.2, 0.25) is 5.02 Å². The van der Waals surface area contributed by atoms with E-state index in [1.54, 1.807) is 11.7 Å². The van der Waals surface area contributed by atoms with Crippen molar-refractivity contribution in [3.63, 3.8) is 0 Å². The van der Waals surface area contributed by atoms with Crippen LogP contribution in [0.5, 0.6) is 5.75 Å². The summed E-state index contributed by atoms with van der Waals surface area (Å²) in [6.45, 7) is 5.61. The van der Waals surface area contributed by atoms with Crippen LogP contribution in [0.1, 0.15) is 19.3 Å². The van der Waals surface area contributed by atoms with E-state index in [9.17, 15) is 4.79 Å². The van der Waals surface area contributed by atoms with Crippen molar-refractivity contribution in [3.8, 4) is 16.9 Å². The molecular weight excluding hydrogens is 442 g/mol. The number of piperazine rings is 1. The van der Waals surface area contributed by atoms with Gasteiger partial charge in [-0.15, -0.1) is 0 Å². The van der Waals surface area contributed by atoms with Crippen LogP contribution in [-0.4, -0.2) is 66.8 Å². The lowest BCUT2D eigenvalue weighted by Crippen LogP contribution is -2.49. The number of carbonyl (C=O) groups is 1. The van der Waals surface area contributed by atoms with E-state index < -0.39 is 0 Å². The highest BCUT2D eigenvalue weighted by molar-refractivity contribution is 6.30. The zero-order valence-corrected chi connectivity index (χ0v) is 19.4. The molecule has 0 bridgehead atoms. The van der Waals surface area contributed by atoms with Crippen LogP contribution in [-0.2, 0) is 4.79 Å². The second kappa shape index (κ2) is 11.5. The average Bonchev–Trinajstić information content (AvgIpc) is 3.26. The fourth-order valence-electron chi connectivity index (χ4n) is 4.17. The fraction of sp³-hybridized carbons (Fsp3) is 0.400. The van der Waals surface area contributed by atoms with Gasteiger partial charge in [0.15, 0.2) is 0 Å². The first-order valence-electron chi connectivity index (χ1n) is 11.4. The van der Waals surface area contributed by atoms with Crippen LogP contribution in [0, 0.1) is 0 Å². The molecule has 0 unspecified atom stereocenters. The molecule has 2 heterocycles. The highest BCUT2D eigenvalue weighted by Gasteiger charge is 2.18. The summed E-state index contributed by atoms with van der Waals surface area (Å²) in [7, 11) is 0. The van der Waals surface area contributed by atoms with E-state index in [1.165, 1.54) is 0 Å². The molecule has 0 saturated carbocycles. The third kappa shape index (κ3) is 6.48. The van der Waals surface area contributed by atoms with E-state index in [-0.39, 0.29) is 12.5 Å². The first-order chi connectivity index (χ1) is 16.1. The predicted molar refractivity (Wildman–Crippen MR) is 129 cm³/mol. The Kier molecular flexibility index (Phi) is 8.23. The highest BCUT2D eigenvalue weighted by atomic mass is 35.5. The Morgan fingerprint density at radius 1 is 1.03 bits per heavy atom. The van der Waals surface area contributed by atoms with Crippen molar-refractivity contribution in [1.82, 2.24) is 15.3 Å². The van der Waals surface area contributed by atoms with Crippen LogP contribution < -0.4 is 10.2 Å². The molecule has 3 aromatic rings. The lowest BCUT2D eigenvalue weighted by molar-refractivity contribution is -0.130. The second-order valence-electron chi connectivity index (χ2n) is 8.38. The molecule has 0 radical (unpaired) electrons. The van der Waals surface area contributed by atoms with Crippen molar-refractivity contribution >= 4 is 28.5 Å². The molecule has 2 N–H and O–H groups in total. The first kappa shape index (κ1) is 23.6. The predicted octanol–water partition coefficient (Wildman–Crippen LogP) is 4.43. The number of halogens is 1. The summed E-state index contributed by atoms with van der Waals surface area (Å²) >= 11 is 5.99. The van der Waals surface area contributed by atoms with Gasteiger partial charge < -0.3 is 14.1 Å². The maximum Gasteiger partial charge on any atom is 0.257 e. The molecule has 1 fully saturated rings. The van der Waals surface area contributed by atoms with Crippen molar-refractivity contribution in [1.29, 1.82) is 0 Å². The number of amides is 1. The number of carbonyl (C=O) groups excluding carboxylic acids is 1. The Morgan fingerprint density at radius 2 is 1.79 bits per heavy atom. The van der Waals surface area contributed by atoms with Crippen LogP contribution in [0.4, 0.5) is 0 Å². The van der Waals surface area contributed by atoms with Gasteiger partial charge in [-0.1, -0.05) is 23.7 Å². The van der Waals surface area contributed by atoms with E-state index in [0.717, 1.165) is 84.9 Å². The van der Waals surface area contributed by atoms with Crippen LogP contribution in [0.3, 0.4) is 0 Å². The van der Waals surface area contributed by atoms with E-state index in [4.69, 9.17) is 26.0 Å². The lowest BCUT2D eigenvalue weighted by atomic mass is 10.0. The normalized spacial score (nSPS) is 15.1. The second-order valence-corrected chi connectivity index (χ2v) is 8.81. The van der Waals surface area contributed by atoms with Gasteiger partial charge in [-0.2, -0.15) is 0 Å².